The van der Waals surface area contributed by atoms with Crippen molar-refractivity contribution < 1.29 is 4.79 Å². The van der Waals surface area contributed by atoms with E-state index in [0.717, 1.165) is 25.9 Å². The van der Waals surface area contributed by atoms with Crippen LogP contribution in [0.1, 0.15) is 66.7 Å². The number of carbonyl (C=O) groups excluding carboxylic acids is 1. The number of ketones is 1. The van der Waals surface area contributed by atoms with Crippen LogP contribution in [0.25, 0.3) is 0 Å². The molecule has 1 saturated carbocycles. The summed E-state index contributed by atoms with van der Waals surface area (Å²) in [5.74, 6) is 6.62. The third kappa shape index (κ3) is 4.08. The lowest BCUT2D eigenvalue weighted by Crippen LogP contribution is -2.52. The molecule has 108 valence electrons. The van der Waals surface area contributed by atoms with Crippen LogP contribution < -0.4 is 0 Å². The second kappa shape index (κ2) is 6.57. The highest BCUT2D eigenvalue weighted by molar-refractivity contribution is 5.90. The van der Waals surface area contributed by atoms with Crippen molar-refractivity contribution in [3.8, 4) is 11.8 Å². The highest BCUT2D eigenvalue weighted by atomic mass is 16.1. The van der Waals surface area contributed by atoms with E-state index in [1.807, 2.05) is 0 Å². The summed E-state index contributed by atoms with van der Waals surface area (Å²) in [4.78, 5) is 15.0. The molecule has 1 fully saturated rings. The fraction of sp³-hybridized carbons (Fsp3) is 0.824. The molecule has 2 nitrogen and oxygen atoms in total. The molecule has 0 unspecified atom stereocenters. The highest BCUT2D eigenvalue weighted by Crippen LogP contribution is 2.36. The monoisotopic (exact) mass is 263 g/mol. The minimum absolute atomic E-state index is 0.0156. The van der Waals surface area contributed by atoms with Gasteiger partial charge in [0.1, 0.15) is 0 Å². The van der Waals surface area contributed by atoms with Crippen LogP contribution in [0.3, 0.4) is 0 Å². The summed E-state index contributed by atoms with van der Waals surface area (Å²) >= 11 is 0. The second-order valence-corrected chi connectivity index (χ2v) is 6.56. The topological polar surface area (TPSA) is 20.3 Å². The molecule has 0 heterocycles. The molecule has 0 aromatic rings. The molecule has 1 aliphatic rings. The first-order valence-electron chi connectivity index (χ1n) is 7.64. The minimum atomic E-state index is -0.212. The standard InChI is InChI=1S/C17H29NO/c1-6-18(7-2)17(13-8-9-14-17)15(19)11-10-12-16(3,4)5/h6-9,11,13-14H2,1-5H3. The fourth-order valence-electron chi connectivity index (χ4n) is 3.11. The molecule has 0 saturated heterocycles. The van der Waals surface area contributed by atoms with Gasteiger partial charge in [-0.1, -0.05) is 38.5 Å². The normalized spacial score (nSPS) is 18.2. The number of hydrogen-bond donors (Lipinski definition) is 0. The Morgan fingerprint density at radius 2 is 1.68 bits per heavy atom. The van der Waals surface area contributed by atoms with Gasteiger partial charge in [-0.15, -0.1) is 0 Å². The predicted molar refractivity (Wildman–Crippen MR) is 81.0 cm³/mol. The van der Waals surface area contributed by atoms with Gasteiger partial charge in [0.05, 0.1) is 12.0 Å². The number of nitrogens with zero attached hydrogens (tertiary/aromatic N) is 1. The van der Waals surface area contributed by atoms with Gasteiger partial charge in [-0.25, -0.2) is 0 Å². The molecule has 0 radical (unpaired) electrons. The van der Waals surface area contributed by atoms with E-state index < -0.39 is 0 Å². The van der Waals surface area contributed by atoms with E-state index in [2.05, 4.69) is 51.4 Å². The van der Waals surface area contributed by atoms with Crippen LogP contribution in [0.15, 0.2) is 0 Å². The Morgan fingerprint density at radius 3 is 2.11 bits per heavy atom. The Morgan fingerprint density at radius 1 is 1.16 bits per heavy atom. The maximum atomic E-state index is 12.7. The molecule has 2 heteroatoms. The Balaban J connectivity index is 2.82. The van der Waals surface area contributed by atoms with Crippen LogP contribution >= 0.6 is 0 Å². The van der Waals surface area contributed by atoms with Crippen molar-refractivity contribution in [1.29, 1.82) is 0 Å². The van der Waals surface area contributed by atoms with Crippen molar-refractivity contribution >= 4 is 5.78 Å². The average molecular weight is 263 g/mol. The van der Waals surface area contributed by atoms with Crippen molar-refractivity contribution in [2.24, 2.45) is 5.41 Å². The third-order valence-corrected chi connectivity index (χ3v) is 4.03. The van der Waals surface area contributed by atoms with Crippen LogP contribution in [-0.2, 0) is 4.79 Å². The highest BCUT2D eigenvalue weighted by Gasteiger charge is 2.43. The Hall–Kier alpha value is -0.810. The lowest BCUT2D eigenvalue weighted by atomic mass is 9.87. The number of likely N-dealkylation sites (N-methyl/N-ethyl adjacent to an activating group) is 1. The lowest BCUT2D eigenvalue weighted by Gasteiger charge is -2.38. The molecule has 19 heavy (non-hydrogen) atoms. The predicted octanol–water partition coefficient (Wildman–Crippen LogP) is 3.65. The molecule has 0 atom stereocenters. The SMILES string of the molecule is CCN(CC)C1(C(=O)CC#CC(C)(C)C)CCCC1. The van der Waals surface area contributed by atoms with E-state index in [9.17, 15) is 4.79 Å². The van der Waals surface area contributed by atoms with Gasteiger partial charge in [0.15, 0.2) is 5.78 Å². The number of hydrogen-bond acceptors (Lipinski definition) is 2. The smallest absolute Gasteiger partial charge is 0.164 e. The zero-order chi connectivity index (χ0) is 14.5. The summed E-state index contributed by atoms with van der Waals surface area (Å²) in [6.45, 7) is 12.5. The zero-order valence-electron chi connectivity index (χ0n) is 13.3. The van der Waals surface area contributed by atoms with Crippen LogP contribution in [0, 0.1) is 17.3 Å². The average Bonchev–Trinajstić information content (AvgIpc) is 2.79. The van der Waals surface area contributed by atoms with Gasteiger partial charge in [0, 0.05) is 5.41 Å². The van der Waals surface area contributed by atoms with Gasteiger partial charge in [-0.2, -0.15) is 0 Å². The first-order chi connectivity index (χ1) is 8.85. The maximum absolute atomic E-state index is 12.7. The molecule has 0 spiro atoms. The third-order valence-electron chi connectivity index (χ3n) is 4.03. The van der Waals surface area contributed by atoms with Gasteiger partial charge in [-0.05, 0) is 46.7 Å². The first-order valence-corrected chi connectivity index (χ1v) is 7.64. The molecule has 0 N–H and O–H groups in total. The molecule has 0 aromatic carbocycles. The second-order valence-electron chi connectivity index (χ2n) is 6.56. The lowest BCUT2D eigenvalue weighted by molar-refractivity contribution is -0.130. The number of rotatable bonds is 5. The molecule has 0 aromatic heterocycles. The molecule has 0 bridgehead atoms. The maximum Gasteiger partial charge on any atom is 0.164 e. The van der Waals surface area contributed by atoms with Crippen molar-refractivity contribution in [2.75, 3.05) is 13.1 Å². The van der Waals surface area contributed by atoms with E-state index in [0.29, 0.717) is 12.2 Å². The van der Waals surface area contributed by atoms with Crippen LogP contribution in [0.5, 0.6) is 0 Å². The van der Waals surface area contributed by atoms with Crippen molar-refractivity contribution in [3.63, 3.8) is 0 Å². The quantitative estimate of drug-likeness (QED) is 0.706. The van der Waals surface area contributed by atoms with Crippen molar-refractivity contribution in [3.05, 3.63) is 0 Å². The summed E-state index contributed by atoms with van der Waals surface area (Å²) in [5, 5.41) is 0. The number of carbonyl (C=O) groups is 1. The zero-order valence-corrected chi connectivity index (χ0v) is 13.3. The van der Waals surface area contributed by atoms with Gasteiger partial charge in [-0.3, -0.25) is 9.69 Å². The van der Waals surface area contributed by atoms with E-state index in [4.69, 9.17) is 0 Å². The first kappa shape index (κ1) is 16.2. The van der Waals surface area contributed by atoms with E-state index in [-0.39, 0.29) is 11.0 Å². The van der Waals surface area contributed by atoms with Crippen molar-refractivity contribution in [1.82, 2.24) is 4.90 Å². The Bertz CT molecular complexity index is 357. The molecule has 1 aliphatic carbocycles. The summed E-state index contributed by atoms with van der Waals surface area (Å²) < 4.78 is 0. The van der Waals surface area contributed by atoms with E-state index in [1.54, 1.807) is 0 Å². The molecule has 1 rings (SSSR count). The van der Waals surface area contributed by atoms with Crippen LogP contribution in [-0.4, -0.2) is 29.3 Å². The molecular weight excluding hydrogens is 234 g/mol. The van der Waals surface area contributed by atoms with Gasteiger partial charge >= 0.3 is 0 Å². The largest absolute Gasteiger partial charge is 0.297 e. The van der Waals surface area contributed by atoms with Crippen LogP contribution in [0.2, 0.25) is 0 Å². The molecular formula is C17H29NO. The summed E-state index contributed by atoms with van der Waals surface area (Å²) in [6, 6.07) is 0. The Kier molecular flexibility index (Phi) is 5.62. The molecule has 0 aliphatic heterocycles. The Labute approximate surface area is 118 Å². The number of Topliss-reactive ketones (excluding diaryl/α,β-unsaturated/α-hetero) is 1. The summed E-state index contributed by atoms with van der Waals surface area (Å²) in [5.41, 5.74) is -0.228. The van der Waals surface area contributed by atoms with Gasteiger partial charge in [0.25, 0.3) is 0 Å². The van der Waals surface area contributed by atoms with E-state index in [1.165, 1.54) is 12.8 Å². The summed E-state index contributed by atoms with van der Waals surface area (Å²) in [7, 11) is 0. The fourth-order valence-corrected chi connectivity index (χ4v) is 3.11. The van der Waals surface area contributed by atoms with E-state index >= 15 is 0 Å². The van der Waals surface area contributed by atoms with Crippen molar-refractivity contribution in [2.45, 2.75) is 72.3 Å². The minimum Gasteiger partial charge on any atom is -0.297 e. The van der Waals surface area contributed by atoms with Crippen LogP contribution in [0.4, 0.5) is 0 Å². The summed E-state index contributed by atoms with van der Waals surface area (Å²) in [6.07, 6.45) is 4.80. The van der Waals surface area contributed by atoms with Gasteiger partial charge < -0.3 is 0 Å². The molecule has 0 amide bonds. The van der Waals surface area contributed by atoms with Gasteiger partial charge in [0.2, 0.25) is 0 Å².